The van der Waals surface area contributed by atoms with Gasteiger partial charge in [0.25, 0.3) is 0 Å². The molecule has 1 aromatic heterocycles. The van der Waals surface area contributed by atoms with Gasteiger partial charge in [0.1, 0.15) is 5.75 Å². The molecule has 0 fully saturated rings. The molecule has 0 saturated carbocycles. The largest absolute Gasteiger partial charge is 0.534 e. The number of benzene rings is 1. The third-order valence-electron chi connectivity index (χ3n) is 3.54. The van der Waals surface area contributed by atoms with E-state index in [0.717, 1.165) is 12.1 Å². The molecule has 152 valence electrons. The van der Waals surface area contributed by atoms with Crippen molar-refractivity contribution in [3.05, 3.63) is 48.3 Å². The summed E-state index contributed by atoms with van der Waals surface area (Å²) in [5.41, 5.74) is -4.60. The molecule has 10 heteroatoms. The van der Waals surface area contributed by atoms with Crippen LogP contribution >= 0.6 is 0 Å². The first-order valence-electron chi connectivity index (χ1n) is 8.34. The quantitative estimate of drug-likeness (QED) is 0.474. The van der Waals surface area contributed by atoms with E-state index in [1.165, 1.54) is 18.5 Å². The molecule has 0 saturated heterocycles. The van der Waals surface area contributed by atoms with Crippen LogP contribution in [-0.4, -0.2) is 36.6 Å². The fraction of sp³-hybridized carbons (Fsp3) is 0.333. The summed E-state index contributed by atoms with van der Waals surface area (Å²) in [6.07, 6.45) is 7.12. The predicted molar refractivity (Wildman–Crippen MR) is 97.8 cm³/mol. The van der Waals surface area contributed by atoms with E-state index >= 15 is 0 Å². The Hall–Kier alpha value is -2.46. The van der Waals surface area contributed by atoms with E-state index in [9.17, 15) is 21.6 Å². The van der Waals surface area contributed by atoms with Crippen LogP contribution in [-0.2, 0) is 14.9 Å². The highest BCUT2D eigenvalue weighted by Gasteiger charge is 2.48. The Balaban J connectivity index is 2.37. The van der Waals surface area contributed by atoms with Crippen LogP contribution < -0.4 is 4.18 Å². The van der Waals surface area contributed by atoms with Gasteiger partial charge in [-0.3, -0.25) is 0 Å². The van der Waals surface area contributed by atoms with Crippen molar-refractivity contribution in [2.45, 2.75) is 31.9 Å². The highest BCUT2D eigenvalue weighted by atomic mass is 32.2. The molecule has 1 atom stereocenters. The summed E-state index contributed by atoms with van der Waals surface area (Å²) in [6, 6.07) is 5.32. The lowest BCUT2D eigenvalue weighted by Gasteiger charge is -2.12. The Kier molecular flexibility index (Phi) is 7.14. The van der Waals surface area contributed by atoms with Crippen LogP contribution in [0.15, 0.2) is 42.7 Å². The van der Waals surface area contributed by atoms with Gasteiger partial charge in [0.05, 0.1) is 6.10 Å². The van der Waals surface area contributed by atoms with Crippen LogP contribution in [0.1, 0.15) is 25.8 Å². The Morgan fingerprint density at radius 1 is 1.21 bits per heavy atom. The summed E-state index contributed by atoms with van der Waals surface area (Å²) >= 11 is 0. The molecule has 0 radical (unpaired) electrons. The molecule has 2 rings (SSSR count). The molecule has 0 aliphatic heterocycles. The van der Waals surface area contributed by atoms with Gasteiger partial charge in [-0.1, -0.05) is 18.2 Å². The van der Waals surface area contributed by atoms with Crippen molar-refractivity contribution < 1.29 is 30.5 Å². The summed E-state index contributed by atoms with van der Waals surface area (Å²) < 4.78 is 69.8. The lowest BCUT2D eigenvalue weighted by atomic mass is 10.0. The molecule has 0 bridgehead atoms. The summed E-state index contributed by atoms with van der Waals surface area (Å²) in [5.74, 6) is -0.269. The Bertz CT molecular complexity index is 916. The van der Waals surface area contributed by atoms with E-state index in [0.29, 0.717) is 24.2 Å². The lowest BCUT2D eigenvalue weighted by molar-refractivity contribution is -0.0500. The van der Waals surface area contributed by atoms with Crippen molar-refractivity contribution in [2.24, 2.45) is 0 Å². The third-order valence-corrected chi connectivity index (χ3v) is 4.52. The molecule has 2 aromatic rings. The summed E-state index contributed by atoms with van der Waals surface area (Å²) in [4.78, 5) is 8.14. The van der Waals surface area contributed by atoms with Crippen LogP contribution in [0.4, 0.5) is 13.2 Å². The van der Waals surface area contributed by atoms with E-state index in [-0.39, 0.29) is 11.9 Å². The van der Waals surface area contributed by atoms with E-state index < -0.39 is 21.4 Å². The zero-order chi connectivity index (χ0) is 20.8. The number of rotatable bonds is 8. The first-order chi connectivity index (χ1) is 13.1. The second kappa shape index (κ2) is 9.16. The summed E-state index contributed by atoms with van der Waals surface area (Å²) in [6.45, 7) is 4.38. The van der Waals surface area contributed by atoms with Crippen LogP contribution in [0, 0.1) is 0 Å². The van der Waals surface area contributed by atoms with Crippen LogP contribution in [0.3, 0.4) is 0 Å². The second-order valence-electron chi connectivity index (χ2n) is 5.71. The van der Waals surface area contributed by atoms with Gasteiger partial charge in [-0.25, -0.2) is 9.97 Å². The van der Waals surface area contributed by atoms with E-state index in [4.69, 9.17) is 4.74 Å². The molecule has 6 nitrogen and oxygen atoms in total. The van der Waals surface area contributed by atoms with Crippen LogP contribution in [0.25, 0.3) is 17.5 Å². The maximum absolute atomic E-state index is 12.6. The van der Waals surface area contributed by atoms with Gasteiger partial charge in [-0.15, -0.1) is 0 Å². The monoisotopic (exact) mass is 416 g/mol. The highest BCUT2D eigenvalue weighted by Crippen LogP contribution is 2.31. The van der Waals surface area contributed by atoms with Crippen molar-refractivity contribution in [1.82, 2.24) is 9.97 Å². The van der Waals surface area contributed by atoms with Crippen molar-refractivity contribution in [3.8, 4) is 17.1 Å². The van der Waals surface area contributed by atoms with Gasteiger partial charge in [0, 0.05) is 24.6 Å². The second-order valence-corrected chi connectivity index (χ2v) is 7.25. The number of halogens is 3. The fourth-order valence-electron chi connectivity index (χ4n) is 2.28. The molecule has 0 spiro atoms. The third kappa shape index (κ3) is 5.77. The molecular weight excluding hydrogens is 397 g/mol. The maximum atomic E-state index is 12.6. The van der Waals surface area contributed by atoms with Gasteiger partial charge >= 0.3 is 15.6 Å². The molecule has 0 amide bonds. The van der Waals surface area contributed by atoms with E-state index in [1.54, 1.807) is 12.1 Å². The van der Waals surface area contributed by atoms with Crippen LogP contribution in [0.2, 0.25) is 0 Å². The normalized spacial score (nSPS) is 13.6. The van der Waals surface area contributed by atoms with Gasteiger partial charge in [0.15, 0.2) is 5.82 Å². The van der Waals surface area contributed by atoms with E-state index in [1.807, 2.05) is 19.9 Å². The number of ether oxygens (including phenoxy) is 1. The minimum atomic E-state index is -5.77. The SMILES string of the molecule is CCOC(C)C/C=C/c1ccc(OS(=O)(=O)C(F)(F)F)cc1-c1ncccn1. The topological polar surface area (TPSA) is 78.4 Å². The average molecular weight is 416 g/mol. The van der Waals surface area contributed by atoms with Gasteiger partial charge in [-0.2, -0.15) is 21.6 Å². The molecule has 0 aliphatic carbocycles. The first kappa shape index (κ1) is 21.8. The molecule has 1 heterocycles. The molecule has 0 aliphatic rings. The fourth-order valence-corrected chi connectivity index (χ4v) is 2.73. The Morgan fingerprint density at radius 3 is 2.50 bits per heavy atom. The number of nitrogens with zero attached hydrogens (tertiary/aromatic N) is 2. The number of alkyl halides is 3. The Morgan fingerprint density at radius 2 is 1.89 bits per heavy atom. The van der Waals surface area contributed by atoms with Crippen molar-refractivity contribution in [3.63, 3.8) is 0 Å². The average Bonchev–Trinajstić information content (AvgIpc) is 2.62. The molecule has 0 N–H and O–H groups in total. The zero-order valence-corrected chi connectivity index (χ0v) is 16.0. The van der Waals surface area contributed by atoms with Crippen molar-refractivity contribution in [1.29, 1.82) is 0 Å². The highest BCUT2D eigenvalue weighted by molar-refractivity contribution is 7.88. The summed E-state index contributed by atoms with van der Waals surface area (Å²) in [5, 5.41) is 0. The number of hydrogen-bond acceptors (Lipinski definition) is 6. The molecule has 1 aromatic carbocycles. The summed E-state index contributed by atoms with van der Waals surface area (Å²) in [7, 11) is -5.77. The maximum Gasteiger partial charge on any atom is 0.534 e. The first-order valence-corrected chi connectivity index (χ1v) is 9.75. The van der Waals surface area contributed by atoms with Gasteiger partial charge in [0.2, 0.25) is 0 Å². The smallest absolute Gasteiger partial charge is 0.378 e. The minimum absolute atomic E-state index is 0.00258. The van der Waals surface area contributed by atoms with Crippen LogP contribution in [0.5, 0.6) is 5.75 Å². The van der Waals surface area contributed by atoms with E-state index in [2.05, 4.69) is 14.2 Å². The Labute approximate surface area is 161 Å². The zero-order valence-electron chi connectivity index (χ0n) is 15.2. The van der Waals surface area contributed by atoms with Gasteiger partial charge < -0.3 is 8.92 Å². The lowest BCUT2D eigenvalue weighted by Crippen LogP contribution is -2.28. The van der Waals surface area contributed by atoms with Crippen molar-refractivity contribution in [2.75, 3.05) is 6.61 Å². The predicted octanol–water partition coefficient (Wildman–Crippen LogP) is 4.20. The molecule has 1 unspecified atom stereocenters. The minimum Gasteiger partial charge on any atom is -0.378 e. The molecular formula is C18H19F3N2O4S. The number of aromatic nitrogens is 2. The van der Waals surface area contributed by atoms with Crippen molar-refractivity contribution >= 4 is 16.2 Å². The number of hydrogen-bond donors (Lipinski definition) is 0. The van der Waals surface area contributed by atoms with Gasteiger partial charge in [-0.05, 0) is 44.0 Å². The molecule has 28 heavy (non-hydrogen) atoms. The standard InChI is InChI=1S/C18H19F3N2O4S/c1-3-26-13(2)6-4-7-14-8-9-15(27-28(24,25)18(19,20)21)12-16(14)17-22-10-5-11-23-17/h4-5,7-13H,3,6H2,1-2H3/b7-4+.